The van der Waals surface area contributed by atoms with Crippen molar-refractivity contribution in [1.29, 1.82) is 0 Å². The molecule has 2 amide bonds. The van der Waals surface area contributed by atoms with Crippen molar-refractivity contribution in [3.05, 3.63) is 276 Å². The van der Waals surface area contributed by atoms with Crippen LogP contribution in [0.25, 0.3) is 33.4 Å². The fourth-order valence-electron chi connectivity index (χ4n) is 18.9. The zero-order valence-corrected chi connectivity index (χ0v) is 82.3. The second kappa shape index (κ2) is 46.8. The number of amides is 2. The summed E-state index contributed by atoms with van der Waals surface area (Å²) in [6.45, 7) is 34.4. The van der Waals surface area contributed by atoms with E-state index in [9.17, 15) is 92.9 Å². The number of nitrogens with one attached hydrogen (secondary N) is 2. The molecule has 3 aliphatic heterocycles. The van der Waals surface area contributed by atoms with E-state index in [4.69, 9.17) is 0 Å². The number of likely N-dealkylation sites (tertiary alicyclic amines) is 3. The van der Waals surface area contributed by atoms with E-state index in [1.165, 1.54) is 29.7 Å². The molecule has 3 aliphatic rings. The third-order valence-electron chi connectivity index (χ3n) is 26.6. The van der Waals surface area contributed by atoms with Gasteiger partial charge in [0.05, 0.1) is 47.7 Å². The summed E-state index contributed by atoms with van der Waals surface area (Å²) in [7, 11) is 0. The van der Waals surface area contributed by atoms with Crippen molar-refractivity contribution in [1.82, 2.24) is 39.0 Å². The van der Waals surface area contributed by atoms with Crippen molar-refractivity contribution in [3.63, 3.8) is 0 Å². The molecule has 6 atom stereocenters. The standard InChI is InChI=1S/C37H44F4N2O4.C36H41F6N3O4.C35H42F3N3O3/c1-21(2)14-31(43-20-26(10-13-42-11-7-12-42)30(19-33(43)45)37(39,40)41)32(44)17-27(18-34(46)47)29-16-28(15-24(5)36(29)38)35-23(4)9-8-22(3)25(35)6;1-20(2)14-29(45-19-23(10-13-44-11-7-12-44)26(17-30(45)46)36(40,41)42)34(49)43-28(18-31(47)48)25-15-24(16-27(33(25)37)35(5,38)39)32-21(3)8-6-9-22(32)4;1-20(2)12-31(41-17-25(23(5)13-32(41)43)10-11-40-18-27(36)19-40)35(44)39-30(14-24(6)42)28-15-26(16-29(37)34(28)38)33-21(3)8-7-9-22(33)4/h8-9,15-16,19-21,27,31H,7,10-14,17-18H2,1-6H3,(H,46,47);6,8-9,15-17,19-20,28-29H,7,10-14,18H2,1-5H3,(H,43,49)(H,47,48);7-9,13,15-17,20,27,30-31H,10-12,14,18-19H2,1-6H3,(H,39,44)/t27-,31-;28-,29-;30-,31-/m000/s1. The highest BCUT2D eigenvalue weighted by atomic mass is 19.4. The van der Waals surface area contributed by atoms with Crippen LogP contribution in [0.1, 0.15) is 249 Å². The predicted octanol–water partition coefficient (Wildman–Crippen LogP) is 21.9. The SMILES string of the molecule is CC(=O)C[C@H](NC(=O)[C@H](CC(C)C)n1cc(CCN2CC(F)C2)c(C)cc1=O)c1cc(-c2c(C)cccc2C)cc(F)c1F.Cc1ccc(C)c(-c2cc(C)c(F)c([C@H](CC(=O)O)CC(=O)[C@H](CC(C)C)n3cc(CCN4CCC4)c(C(F)(F)F)cc3=O)c2)c1C.Cc1cccc(C)c1-c1cc([C@H](CC(=O)O)NC(=O)[C@H](CC(C)C)n2cc(CCN3CCC3)c(C(F)(F)F)cc2=O)c(F)c(C(C)(F)F)c1. The van der Waals surface area contributed by atoms with Gasteiger partial charge in [0.2, 0.25) is 11.8 Å². The van der Waals surface area contributed by atoms with E-state index in [1.54, 1.807) is 71.1 Å². The molecule has 0 saturated carbocycles. The number of ketones is 2. The third-order valence-corrected chi connectivity index (χ3v) is 26.6. The number of carboxylic acids is 2. The lowest BCUT2D eigenvalue weighted by Gasteiger charge is -2.34. The number of pyridine rings is 3. The molecule has 0 aliphatic carbocycles. The Hall–Kier alpha value is -11.6. The van der Waals surface area contributed by atoms with E-state index in [2.05, 4.69) is 10.6 Å². The molecule has 9 aromatic rings. The number of aromatic nitrogens is 3. The number of carbonyl (C=O) groups excluding carboxylic acids is 4. The lowest BCUT2D eigenvalue weighted by Crippen LogP contribution is -2.49. The summed E-state index contributed by atoms with van der Waals surface area (Å²) in [6.07, 6.45) is -5.81. The minimum Gasteiger partial charge on any atom is -0.481 e. The Kier molecular flexibility index (Phi) is 36.9. The zero-order valence-electron chi connectivity index (χ0n) is 82.3. The number of carbonyl (C=O) groups is 6. The number of benzene rings is 6. The highest BCUT2D eigenvalue weighted by molar-refractivity contribution is 5.86. The second-order valence-electron chi connectivity index (χ2n) is 39.3. The van der Waals surface area contributed by atoms with Crippen LogP contribution in [0.5, 0.6) is 0 Å². The minimum absolute atomic E-state index is 0.0118. The number of aryl methyl sites for hydroxylation is 8. The summed E-state index contributed by atoms with van der Waals surface area (Å²) in [4.78, 5) is 124. The quantitative estimate of drug-likeness (QED) is 0.0263. The Morgan fingerprint density at radius 2 is 0.814 bits per heavy atom. The van der Waals surface area contributed by atoms with E-state index < -0.39 is 166 Å². The summed E-state index contributed by atoms with van der Waals surface area (Å²) >= 11 is 0. The first-order valence-electron chi connectivity index (χ1n) is 47.4. The Balaban J connectivity index is 0.000000217. The maximum Gasteiger partial charge on any atom is 0.416 e. The Bertz CT molecular complexity index is 6200. The van der Waals surface area contributed by atoms with Gasteiger partial charge in [0.25, 0.3) is 22.6 Å². The van der Waals surface area contributed by atoms with E-state index in [-0.39, 0.29) is 89.0 Å². The predicted molar refractivity (Wildman–Crippen MR) is 514 cm³/mol. The van der Waals surface area contributed by atoms with Crippen LogP contribution in [0.2, 0.25) is 0 Å². The molecule has 0 unspecified atom stereocenters. The molecule has 6 aromatic carbocycles. The van der Waals surface area contributed by atoms with E-state index >= 15 is 17.6 Å². The average Bonchev–Trinajstić information content (AvgIpc) is 0.770. The monoisotopic (exact) mass is 1960 g/mol. The summed E-state index contributed by atoms with van der Waals surface area (Å²) < 4.78 is 193. The highest BCUT2D eigenvalue weighted by Crippen LogP contribution is 2.44. The number of nitrogens with zero attached hydrogens (tertiary/aromatic N) is 6. The van der Waals surface area contributed by atoms with Gasteiger partial charge in [0.1, 0.15) is 35.7 Å². The molecule has 3 aromatic heterocycles. The summed E-state index contributed by atoms with van der Waals surface area (Å²) in [5.41, 5.74) is 5.14. The number of Topliss-reactive ketones (excluding diaryl/α,β-unsaturated/α-hetero) is 2. The first-order chi connectivity index (χ1) is 65.5. The van der Waals surface area contributed by atoms with Gasteiger partial charge in [-0.05, 0) is 307 Å². The van der Waals surface area contributed by atoms with Gasteiger partial charge in [-0.15, -0.1) is 0 Å². The lowest BCUT2D eigenvalue weighted by atomic mass is 9.83. The largest absolute Gasteiger partial charge is 0.481 e. The molecule has 756 valence electrons. The van der Waals surface area contributed by atoms with Gasteiger partial charge in [0.15, 0.2) is 17.4 Å². The molecule has 0 radical (unpaired) electrons. The van der Waals surface area contributed by atoms with Gasteiger partial charge in [-0.1, -0.05) is 90.1 Å². The topological polar surface area (TPSA) is 243 Å². The summed E-state index contributed by atoms with van der Waals surface area (Å²) in [6, 6.07) is 19.1. The number of alkyl halides is 9. The Morgan fingerprint density at radius 3 is 1.24 bits per heavy atom. The normalized spacial score (nSPS) is 15.2. The number of halogens is 13. The Morgan fingerprint density at radius 1 is 0.421 bits per heavy atom. The summed E-state index contributed by atoms with van der Waals surface area (Å²) in [5.74, 6) is -14.5. The van der Waals surface area contributed by atoms with E-state index in [0.717, 1.165) is 123 Å². The van der Waals surface area contributed by atoms with Crippen LogP contribution in [0.15, 0.2) is 136 Å². The van der Waals surface area contributed by atoms with Crippen LogP contribution in [0.4, 0.5) is 57.1 Å². The molecule has 0 spiro atoms. The maximum atomic E-state index is 16.0. The van der Waals surface area contributed by atoms with Crippen LogP contribution in [-0.2, 0) is 66.3 Å². The van der Waals surface area contributed by atoms with Crippen LogP contribution >= 0.6 is 0 Å². The smallest absolute Gasteiger partial charge is 0.416 e. The first-order valence-corrected chi connectivity index (χ1v) is 47.4. The Labute approximate surface area is 808 Å². The fraction of sp³-hybridized carbons (Fsp3) is 0.472. The molecule has 140 heavy (non-hydrogen) atoms. The molecular weight excluding hydrogens is 1830 g/mol. The molecule has 19 nitrogen and oxygen atoms in total. The van der Waals surface area contributed by atoms with E-state index in [1.807, 2.05) is 114 Å². The van der Waals surface area contributed by atoms with Crippen LogP contribution in [0.3, 0.4) is 0 Å². The number of rotatable bonds is 38. The molecule has 6 heterocycles. The molecule has 12 rings (SSSR count). The van der Waals surface area contributed by atoms with E-state index in [0.29, 0.717) is 98.0 Å². The molecule has 0 bridgehead atoms. The number of carboxylic acid groups (broad SMARTS) is 2. The highest BCUT2D eigenvalue weighted by Gasteiger charge is 2.42. The van der Waals surface area contributed by atoms with Crippen molar-refractivity contribution < 1.29 is 96.1 Å². The van der Waals surface area contributed by atoms with Crippen LogP contribution in [-0.4, -0.2) is 139 Å². The first kappa shape index (κ1) is 110. The molecule has 3 saturated heterocycles. The second-order valence-corrected chi connectivity index (χ2v) is 39.3. The van der Waals surface area contributed by atoms with Crippen molar-refractivity contribution in [2.75, 3.05) is 58.9 Å². The summed E-state index contributed by atoms with van der Waals surface area (Å²) in [5, 5.41) is 24.9. The van der Waals surface area contributed by atoms with Crippen LogP contribution in [0, 0.1) is 103 Å². The van der Waals surface area contributed by atoms with Crippen molar-refractivity contribution in [2.24, 2.45) is 17.8 Å². The molecule has 4 N–H and O–H groups in total. The average molecular weight is 1960 g/mol. The lowest BCUT2D eigenvalue weighted by molar-refractivity contribution is -0.139. The minimum atomic E-state index is -4.83. The van der Waals surface area contributed by atoms with Gasteiger partial charge in [0, 0.05) is 106 Å². The molecular formula is C108H127F13N8O11. The number of hydrogen-bond acceptors (Lipinski definition) is 12. The van der Waals surface area contributed by atoms with Gasteiger partial charge < -0.3 is 44.3 Å². The van der Waals surface area contributed by atoms with Gasteiger partial charge in [-0.2, -0.15) is 26.3 Å². The number of hydrogen-bond donors (Lipinski definition) is 4. The third kappa shape index (κ3) is 28.0. The zero-order chi connectivity index (χ0) is 104. The van der Waals surface area contributed by atoms with Crippen molar-refractivity contribution >= 4 is 35.3 Å². The van der Waals surface area contributed by atoms with Crippen molar-refractivity contribution in [3.8, 4) is 33.4 Å². The van der Waals surface area contributed by atoms with Gasteiger partial charge in [-0.25, -0.2) is 30.7 Å². The van der Waals surface area contributed by atoms with Crippen molar-refractivity contribution in [2.45, 2.75) is 255 Å². The van der Waals surface area contributed by atoms with Gasteiger partial charge in [-0.3, -0.25) is 48.1 Å². The van der Waals surface area contributed by atoms with Gasteiger partial charge >= 0.3 is 24.3 Å². The molecule has 3 fully saturated rings. The number of aliphatic carboxylic acids is 2. The molecule has 32 heteroatoms. The maximum absolute atomic E-state index is 16.0. The van der Waals surface area contributed by atoms with Crippen LogP contribution < -0.4 is 27.3 Å². The fourth-order valence-corrected chi connectivity index (χ4v) is 18.9.